The molecule has 20 heavy (non-hydrogen) atoms. The van der Waals surface area contributed by atoms with Gasteiger partial charge < -0.3 is 9.73 Å². The largest absolute Gasteiger partial charge is 0.465 e. The molecule has 2 rings (SSSR count). The zero-order chi connectivity index (χ0) is 14.4. The molecular weight excluding hydrogens is 250 g/mol. The maximum absolute atomic E-state index is 5.79. The molecule has 2 heterocycles. The minimum absolute atomic E-state index is 0.831. The van der Waals surface area contributed by atoms with Gasteiger partial charge in [-0.3, -0.25) is 9.88 Å². The predicted molar refractivity (Wildman–Crippen MR) is 80.5 cm³/mol. The van der Waals surface area contributed by atoms with Crippen molar-refractivity contribution in [3.8, 4) is 0 Å². The zero-order valence-electron chi connectivity index (χ0n) is 12.5. The van der Waals surface area contributed by atoms with Gasteiger partial charge >= 0.3 is 0 Å². The summed E-state index contributed by atoms with van der Waals surface area (Å²) in [5.74, 6) is 2.03. The highest BCUT2D eigenvalue weighted by atomic mass is 16.3. The Morgan fingerprint density at radius 1 is 1.35 bits per heavy atom. The Labute approximate surface area is 120 Å². The molecule has 0 bridgehead atoms. The molecule has 0 amide bonds. The first-order valence-corrected chi connectivity index (χ1v) is 7.00. The van der Waals surface area contributed by atoms with Gasteiger partial charge in [-0.25, -0.2) is 0 Å². The highest BCUT2D eigenvalue weighted by Gasteiger charge is 2.09. The Hall–Kier alpha value is -1.65. The fourth-order valence-electron chi connectivity index (χ4n) is 2.23. The molecule has 0 saturated carbocycles. The van der Waals surface area contributed by atoms with Crippen molar-refractivity contribution in [2.75, 3.05) is 20.6 Å². The summed E-state index contributed by atoms with van der Waals surface area (Å²) in [6.45, 7) is 4.67. The van der Waals surface area contributed by atoms with Gasteiger partial charge in [0.1, 0.15) is 11.5 Å². The third kappa shape index (κ3) is 4.18. The van der Waals surface area contributed by atoms with Crippen LogP contribution in [0.5, 0.6) is 0 Å². The van der Waals surface area contributed by atoms with Crippen LogP contribution in [0.15, 0.2) is 34.9 Å². The van der Waals surface area contributed by atoms with E-state index in [9.17, 15) is 0 Å². The molecule has 4 nitrogen and oxygen atoms in total. The number of aromatic nitrogens is 1. The van der Waals surface area contributed by atoms with Crippen LogP contribution in [0.3, 0.4) is 0 Å². The molecule has 0 unspecified atom stereocenters. The lowest BCUT2D eigenvalue weighted by atomic mass is 10.2. The number of hydrogen-bond donors (Lipinski definition) is 1. The molecule has 0 radical (unpaired) electrons. The molecule has 2 aromatic heterocycles. The lowest BCUT2D eigenvalue weighted by Crippen LogP contribution is -2.20. The first-order valence-electron chi connectivity index (χ1n) is 7.00. The van der Waals surface area contributed by atoms with Gasteiger partial charge in [-0.2, -0.15) is 0 Å². The maximum atomic E-state index is 5.79. The van der Waals surface area contributed by atoms with E-state index in [2.05, 4.69) is 34.4 Å². The standard InChI is InChI=1S/C16H23N3O/c1-13-14(11-17-2)10-16(20-13)12-19(3)9-7-15-6-4-5-8-18-15/h4-6,8,10,17H,7,9,11-12H2,1-3H3. The Balaban J connectivity index is 1.85. The van der Waals surface area contributed by atoms with E-state index in [0.717, 1.165) is 43.3 Å². The Bertz CT molecular complexity index is 522. The highest BCUT2D eigenvalue weighted by molar-refractivity contribution is 5.20. The molecule has 2 aromatic rings. The predicted octanol–water partition coefficient (Wildman–Crippen LogP) is 2.38. The molecule has 0 atom stereocenters. The second-order valence-electron chi connectivity index (χ2n) is 5.13. The van der Waals surface area contributed by atoms with Crippen LogP contribution in [0, 0.1) is 6.92 Å². The van der Waals surface area contributed by atoms with E-state index in [0.29, 0.717) is 0 Å². The average Bonchev–Trinajstić information content (AvgIpc) is 2.78. The topological polar surface area (TPSA) is 41.3 Å². The molecule has 0 aromatic carbocycles. The smallest absolute Gasteiger partial charge is 0.118 e. The van der Waals surface area contributed by atoms with Crippen LogP contribution in [0.2, 0.25) is 0 Å². The Kier molecular flexibility index (Phi) is 5.32. The van der Waals surface area contributed by atoms with Crippen molar-refractivity contribution < 1.29 is 4.42 Å². The van der Waals surface area contributed by atoms with Crippen LogP contribution in [-0.2, 0) is 19.5 Å². The molecule has 0 saturated heterocycles. The van der Waals surface area contributed by atoms with Gasteiger partial charge in [0.25, 0.3) is 0 Å². The van der Waals surface area contributed by atoms with Gasteiger partial charge in [0.15, 0.2) is 0 Å². The molecule has 0 spiro atoms. The number of nitrogens with one attached hydrogen (secondary N) is 1. The number of likely N-dealkylation sites (N-methyl/N-ethyl adjacent to an activating group) is 1. The van der Waals surface area contributed by atoms with Crippen molar-refractivity contribution in [1.29, 1.82) is 0 Å². The van der Waals surface area contributed by atoms with Crippen molar-refractivity contribution in [3.05, 3.63) is 53.2 Å². The van der Waals surface area contributed by atoms with E-state index in [1.54, 1.807) is 0 Å². The number of rotatable bonds is 7. The maximum Gasteiger partial charge on any atom is 0.118 e. The van der Waals surface area contributed by atoms with Crippen molar-refractivity contribution >= 4 is 0 Å². The van der Waals surface area contributed by atoms with Crippen molar-refractivity contribution in [2.24, 2.45) is 0 Å². The summed E-state index contributed by atoms with van der Waals surface area (Å²) >= 11 is 0. The normalized spacial score (nSPS) is 11.2. The third-order valence-corrected chi connectivity index (χ3v) is 3.34. The van der Waals surface area contributed by atoms with Crippen LogP contribution in [0.4, 0.5) is 0 Å². The van der Waals surface area contributed by atoms with Crippen LogP contribution < -0.4 is 5.32 Å². The number of hydrogen-bond acceptors (Lipinski definition) is 4. The second kappa shape index (κ2) is 7.22. The quantitative estimate of drug-likeness (QED) is 0.841. The van der Waals surface area contributed by atoms with Gasteiger partial charge in [-0.05, 0) is 39.2 Å². The summed E-state index contributed by atoms with van der Waals surface area (Å²) in [5, 5.41) is 3.16. The number of nitrogens with zero attached hydrogens (tertiary/aromatic N) is 2. The minimum Gasteiger partial charge on any atom is -0.465 e. The zero-order valence-corrected chi connectivity index (χ0v) is 12.5. The van der Waals surface area contributed by atoms with Crippen molar-refractivity contribution in [2.45, 2.75) is 26.4 Å². The molecule has 0 aliphatic carbocycles. The van der Waals surface area contributed by atoms with Crippen molar-refractivity contribution in [3.63, 3.8) is 0 Å². The molecule has 0 aliphatic rings. The lowest BCUT2D eigenvalue weighted by molar-refractivity contribution is 0.294. The van der Waals surface area contributed by atoms with E-state index in [4.69, 9.17) is 4.42 Å². The summed E-state index contributed by atoms with van der Waals surface area (Å²) in [4.78, 5) is 6.60. The molecule has 4 heteroatoms. The Morgan fingerprint density at radius 3 is 2.90 bits per heavy atom. The van der Waals surface area contributed by atoms with Gasteiger partial charge in [-0.1, -0.05) is 6.07 Å². The van der Waals surface area contributed by atoms with E-state index in [-0.39, 0.29) is 0 Å². The highest BCUT2D eigenvalue weighted by Crippen LogP contribution is 2.15. The van der Waals surface area contributed by atoms with E-state index >= 15 is 0 Å². The first-order chi connectivity index (χ1) is 9.69. The minimum atomic E-state index is 0.831. The van der Waals surface area contributed by atoms with Gasteiger partial charge in [0, 0.05) is 37.0 Å². The lowest BCUT2D eigenvalue weighted by Gasteiger charge is -2.14. The molecule has 1 N–H and O–H groups in total. The van der Waals surface area contributed by atoms with Gasteiger partial charge in [0.2, 0.25) is 0 Å². The summed E-state index contributed by atoms with van der Waals surface area (Å²) in [6.07, 6.45) is 2.80. The fraction of sp³-hybridized carbons (Fsp3) is 0.438. The molecule has 108 valence electrons. The second-order valence-corrected chi connectivity index (χ2v) is 5.13. The summed E-state index contributed by atoms with van der Waals surface area (Å²) in [7, 11) is 4.06. The average molecular weight is 273 g/mol. The summed E-state index contributed by atoms with van der Waals surface area (Å²) in [5.41, 5.74) is 2.37. The monoisotopic (exact) mass is 273 g/mol. The molecule has 0 fully saturated rings. The van der Waals surface area contributed by atoms with E-state index < -0.39 is 0 Å². The first kappa shape index (κ1) is 14.8. The summed E-state index contributed by atoms with van der Waals surface area (Å²) < 4.78 is 5.79. The third-order valence-electron chi connectivity index (χ3n) is 3.34. The molecule has 0 aliphatic heterocycles. The fourth-order valence-corrected chi connectivity index (χ4v) is 2.23. The van der Waals surface area contributed by atoms with Crippen molar-refractivity contribution in [1.82, 2.24) is 15.2 Å². The van der Waals surface area contributed by atoms with Gasteiger partial charge in [0.05, 0.1) is 6.54 Å². The van der Waals surface area contributed by atoms with Crippen LogP contribution >= 0.6 is 0 Å². The van der Waals surface area contributed by atoms with Crippen LogP contribution in [0.1, 0.15) is 22.8 Å². The van der Waals surface area contributed by atoms with Crippen LogP contribution in [0.25, 0.3) is 0 Å². The number of furan rings is 1. The molecular formula is C16H23N3O. The SMILES string of the molecule is CNCc1cc(CN(C)CCc2ccccn2)oc1C. The Morgan fingerprint density at radius 2 is 2.20 bits per heavy atom. The number of aryl methyl sites for hydroxylation is 1. The van der Waals surface area contributed by atoms with E-state index in [1.807, 2.05) is 32.3 Å². The number of pyridine rings is 1. The summed E-state index contributed by atoms with van der Waals surface area (Å²) in [6, 6.07) is 8.18. The van der Waals surface area contributed by atoms with Gasteiger partial charge in [-0.15, -0.1) is 0 Å². The van der Waals surface area contributed by atoms with Crippen LogP contribution in [-0.4, -0.2) is 30.5 Å². The van der Waals surface area contributed by atoms with E-state index in [1.165, 1.54) is 5.56 Å².